The van der Waals surface area contributed by atoms with Gasteiger partial charge in [0.25, 0.3) is 0 Å². The molecule has 1 fully saturated rings. The Labute approximate surface area is 122 Å². The van der Waals surface area contributed by atoms with E-state index in [2.05, 4.69) is 27.3 Å². The highest BCUT2D eigenvalue weighted by atomic mass is 32.1. The smallest absolute Gasteiger partial charge is 0.141 e. The molecule has 20 heavy (non-hydrogen) atoms. The van der Waals surface area contributed by atoms with Crippen LogP contribution in [0.25, 0.3) is 0 Å². The van der Waals surface area contributed by atoms with E-state index >= 15 is 0 Å². The number of aliphatic imine (C=N–C) groups is 1. The summed E-state index contributed by atoms with van der Waals surface area (Å²) in [6.07, 6.45) is 0. The Morgan fingerprint density at radius 3 is 2.55 bits per heavy atom. The molecule has 1 saturated heterocycles. The second kappa shape index (κ2) is 6.07. The van der Waals surface area contributed by atoms with E-state index in [1.807, 2.05) is 29.6 Å². The van der Waals surface area contributed by atoms with Crippen LogP contribution in [0.5, 0.6) is 0 Å². The average Bonchev–Trinajstić information content (AvgIpc) is 3.03. The summed E-state index contributed by atoms with van der Waals surface area (Å²) in [5.74, 6) is 0.579. The fourth-order valence-corrected chi connectivity index (χ4v) is 2.91. The van der Waals surface area contributed by atoms with Crippen molar-refractivity contribution in [1.29, 1.82) is 0 Å². The molecule has 1 aromatic heterocycles. The van der Waals surface area contributed by atoms with Gasteiger partial charge >= 0.3 is 0 Å². The molecule has 104 valence electrons. The van der Waals surface area contributed by atoms with E-state index in [-0.39, 0.29) is 0 Å². The molecule has 2 heterocycles. The Balaban J connectivity index is 1.74. The van der Waals surface area contributed by atoms with Crippen molar-refractivity contribution in [3.05, 3.63) is 46.7 Å². The predicted octanol–water partition coefficient (Wildman–Crippen LogP) is 2.19. The number of anilines is 1. The van der Waals surface area contributed by atoms with Gasteiger partial charge in [-0.3, -0.25) is 0 Å². The molecule has 2 aromatic rings. The minimum Gasteiger partial charge on any atom is -0.383 e. The first-order valence-corrected chi connectivity index (χ1v) is 7.65. The molecule has 1 aliphatic heterocycles. The molecular formula is C15H18N4S. The summed E-state index contributed by atoms with van der Waals surface area (Å²) in [6.45, 7) is 4.20. The van der Waals surface area contributed by atoms with Crippen molar-refractivity contribution in [2.45, 2.75) is 0 Å². The Morgan fingerprint density at radius 1 is 1.15 bits per heavy atom. The molecule has 3 rings (SSSR count). The number of hydrogen-bond donors (Lipinski definition) is 2. The normalized spacial score (nSPS) is 16.4. The van der Waals surface area contributed by atoms with Gasteiger partial charge in [0.2, 0.25) is 0 Å². The number of nitrogens with one attached hydrogen (secondary N) is 1. The zero-order chi connectivity index (χ0) is 13.8. The summed E-state index contributed by atoms with van der Waals surface area (Å²) in [7, 11) is 0. The second-order valence-electron chi connectivity index (χ2n) is 4.73. The summed E-state index contributed by atoms with van der Waals surface area (Å²) >= 11 is 1.61. The summed E-state index contributed by atoms with van der Waals surface area (Å²) in [5, 5.41) is 5.36. The summed E-state index contributed by atoms with van der Waals surface area (Å²) in [5.41, 5.74) is 8.14. The van der Waals surface area contributed by atoms with Gasteiger partial charge in [0.1, 0.15) is 5.84 Å². The highest BCUT2D eigenvalue weighted by Gasteiger charge is 2.09. The molecule has 0 bridgehead atoms. The lowest BCUT2D eigenvalue weighted by Crippen LogP contribution is -2.43. The monoisotopic (exact) mass is 286 g/mol. The van der Waals surface area contributed by atoms with Crippen LogP contribution in [-0.4, -0.2) is 32.0 Å². The van der Waals surface area contributed by atoms with E-state index in [9.17, 15) is 0 Å². The van der Waals surface area contributed by atoms with Crippen LogP contribution in [-0.2, 0) is 0 Å². The first-order valence-electron chi connectivity index (χ1n) is 6.77. The molecular weight excluding hydrogens is 268 g/mol. The summed E-state index contributed by atoms with van der Waals surface area (Å²) in [6, 6.07) is 12.3. The van der Waals surface area contributed by atoms with E-state index in [0.717, 1.165) is 36.7 Å². The van der Waals surface area contributed by atoms with E-state index in [4.69, 9.17) is 5.73 Å². The van der Waals surface area contributed by atoms with Crippen molar-refractivity contribution in [3.8, 4) is 0 Å². The van der Waals surface area contributed by atoms with Gasteiger partial charge in [-0.1, -0.05) is 6.07 Å². The minimum absolute atomic E-state index is 0.579. The number of rotatable bonds is 3. The maximum atomic E-state index is 5.99. The molecule has 0 atom stereocenters. The lowest BCUT2D eigenvalue weighted by Gasteiger charge is -2.29. The van der Waals surface area contributed by atoms with Gasteiger partial charge in [0.15, 0.2) is 0 Å². The zero-order valence-corrected chi connectivity index (χ0v) is 12.1. The van der Waals surface area contributed by atoms with Crippen LogP contribution >= 0.6 is 11.3 Å². The van der Waals surface area contributed by atoms with Gasteiger partial charge in [-0.2, -0.15) is 0 Å². The minimum atomic E-state index is 0.579. The molecule has 0 spiro atoms. The average molecular weight is 286 g/mol. The van der Waals surface area contributed by atoms with E-state index in [1.54, 1.807) is 11.3 Å². The molecule has 3 N–H and O–H groups in total. The van der Waals surface area contributed by atoms with Crippen molar-refractivity contribution < 1.29 is 0 Å². The van der Waals surface area contributed by atoms with Crippen molar-refractivity contribution in [2.75, 3.05) is 31.1 Å². The SMILES string of the molecule is N/C(=N\c1ccc(N2CCNCC2)cc1)c1cccs1. The Kier molecular flexibility index (Phi) is 3.99. The first-order chi connectivity index (χ1) is 9.83. The van der Waals surface area contributed by atoms with Crippen LogP contribution in [0.15, 0.2) is 46.8 Å². The Bertz CT molecular complexity index is 568. The van der Waals surface area contributed by atoms with E-state index in [0.29, 0.717) is 5.84 Å². The molecule has 0 unspecified atom stereocenters. The number of nitrogens with zero attached hydrogens (tertiary/aromatic N) is 2. The fraction of sp³-hybridized carbons (Fsp3) is 0.267. The maximum Gasteiger partial charge on any atom is 0.141 e. The van der Waals surface area contributed by atoms with Crippen LogP contribution in [0.1, 0.15) is 4.88 Å². The lowest BCUT2D eigenvalue weighted by molar-refractivity contribution is 0.589. The van der Waals surface area contributed by atoms with Gasteiger partial charge in [-0.15, -0.1) is 11.3 Å². The number of amidine groups is 1. The van der Waals surface area contributed by atoms with E-state index < -0.39 is 0 Å². The molecule has 0 aliphatic carbocycles. The highest BCUT2D eigenvalue weighted by molar-refractivity contribution is 7.12. The van der Waals surface area contributed by atoms with Crippen LogP contribution in [0.2, 0.25) is 0 Å². The van der Waals surface area contributed by atoms with E-state index in [1.165, 1.54) is 5.69 Å². The van der Waals surface area contributed by atoms with Gasteiger partial charge < -0.3 is 16.0 Å². The number of piperazine rings is 1. The van der Waals surface area contributed by atoms with Gasteiger partial charge in [-0.25, -0.2) is 4.99 Å². The van der Waals surface area contributed by atoms with Gasteiger partial charge in [0, 0.05) is 31.9 Å². The molecule has 4 nitrogen and oxygen atoms in total. The molecule has 5 heteroatoms. The largest absolute Gasteiger partial charge is 0.383 e. The van der Waals surface area contributed by atoms with Crippen LogP contribution in [0.3, 0.4) is 0 Å². The highest BCUT2D eigenvalue weighted by Crippen LogP contribution is 2.21. The number of thiophene rings is 1. The lowest BCUT2D eigenvalue weighted by atomic mass is 10.2. The standard InChI is InChI=1S/C15H18N4S/c16-15(14-2-1-11-20-14)18-12-3-5-13(6-4-12)19-9-7-17-8-10-19/h1-6,11,17H,7-10H2,(H2,16,18). The third-order valence-electron chi connectivity index (χ3n) is 3.36. The zero-order valence-electron chi connectivity index (χ0n) is 11.2. The molecule has 0 radical (unpaired) electrons. The summed E-state index contributed by atoms with van der Waals surface area (Å²) in [4.78, 5) is 7.85. The Morgan fingerprint density at radius 2 is 1.90 bits per heavy atom. The topological polar surface area (TPSA) is 53.6 Å². The van der Waals surface area contributed by atoms with Gasteiger partial charge in [0.05, 0.1) is 10.6 Å². The molecule has 0 saturated carbocycles. The second-order valence-corrected chi connectivity index (χ2v) is 5.68. The fourth-order valence-electron chi connectivity index (χ4n) is 2.28. The van der Waals surface area contributed by atoms with Gasteiger partial charge in [-0.05, 0) is 35.7 Å². The van der Waals surface area contributed by atoms with Crippen molar-refractivity contribution in [3.63, 3.8) is 0 Å². The molecule has 1 aliphatic rings. The van der Waals surface area contributed by atoms with Crippen molar-refractivity contribution >= 4 is 28.5 Å². The summed E-state index contributed by atoms with van der Waals surface area (Å²) < 4.78 is 0. The van der Waals surface area contributed by atoms with Crippen LogP contribution in [0, 0.1) is 0 Å². The van der Waals surface area contributed by atoms with Crippen molar-refractivity contribution in [1.82, 2.24) is 5.32 Å². The third kappa shape index (κ3) is 3.00. The molecule has 0 amide bonds. The number of benzene rings is 1. The van der Waals surface area contributed by atoms with Crippen LogP contribution < -0.4 is 16.0 Å². The predicted molar refractivity (Wildman–Crippen MR) is 86.2 cm³/mol. The number of nitrogens with two attached hydrogens (primary N) is 1. The van der Waals surface area contributed by atoms with Crippen molar-refractivity contribution in [2.24, 2.45) is 10.7 Å². The first kappa shape index (κ1) is 13.1. The quantitative estimate of drug-likeness (QED) is 0.672. The van der Waals surface area contributed by atoms with Crippen LogP contribution in [0.4, 0.5) is 11.4 Å². The number of hydrogen-bond acceptors (Lipinski definition) is 4. The molecule has 1 aromatic carbocycles. The maximum absolute atomic E-state index is 5.99. The Hall–Kier alpha value is -1.85. The third-order valence-corrected chi connectivity index (χ3v) is 4.25.